The number of allylic oxidation sites excluding steroid dienone is 1. The summed E-state index contributed by atoms with van der Waals surface area (Å²) in [7, 11) is -0.647. The largest absolute Gasteiger partial charge is 0.353 e. The van der Waals surface area contributed by atoms with Gasteiger partial charge in [-0.2, -0.15) is 0 Å². The molecule has 2 nitrogen and oxygen atoms in total. The molecule has 0 amide bonds. The van der Waals surface area contributed by atoms with E-state index in [2.05, 4.69) is 105 Å². The van der Waals surface area contributed by atoms with Crippen LogP contribution in [0.4, 0.5) is 0 Å². The normalized spacial score (nSPS) is 17.5. The van der Waals surface area contributed by atoms with Crippen molar-refractivity contribution in [2.45, 2.75) is 58.3 Å². The maximum atomic E-state index is 6.52. The van der Waals surface area contributed by atoms with E-state index in [0.717, 1.165) is 32.3 Å². The Morgan fingerprint density at radius 2 is 1.67 bits per heavy atom. The third-order valence-electron chi connectivity index (χ3n) is 6.07. The summed E-state index contributed by atoms with van der Waals surface area (Å²) in [6, 6.07) is 28.9. The Balaban J connectivity index is 1.70. The molecule has 2 unspecified atom stereocenters. The number of hydrogen-bond acceptors (Lipinski definition) is 2. The molecule has 3 aromatic carbocycles. The van der Waals surface area contributed by atoms with Gasteiger partial charge in [0.15, 0.2) is 6.29 Å². The minimum Gasteiger partial charge on any atom is -0.353 e. The van der Waals surface area contributed by atoms with Crippen LogP contribution in [0.3, 0.4) is 0 Å². The molecule has 1 heterocycles. The SMILES string of the molecule is CC=CCC(Cc1cc(C)ccc1P(c1ccccc1)c1ccccc1)OC1CCCCO1. The van der Waals surface area contributed by atoms with E-state index in [-0.39, 0.29) is 12.4 Å². The van der Waals surface area contributed by atoms with Crippen molar-refractivity contribution in [3.63, 3.8) is 0 Å². The lowest BCUT2D eigenvalue weighted by Crippen LogP contribution is -2.31. The number of hydrogen-bond donors (Lipinski definition) is 0. The zero-order valence-corrected chi connectivity index (χ0v) is 20.7. The Morgan fingerprint density at radius 3 is 2.27 bits per heavy atom. The molecule has 172 valence electrons. The lowest BCUT2D eigenvalue weighted by atomic mass is 10.0. The van der Waals surface area contributed by atoms with E-state index in [9.17, 15) is 0 Å². The van der Waals surface area contributed by atoms with Crippen molar-refractivity contribution in [1.82, 2.24) is 0 Å². The van der Waals surface area contributed by atoms with Crippen LogP contribution >= 0.6 is 7.92 Å². The molecule has 1 aliphatic heterocycles. The van der Waals surface area contributed by atoms with Crippen LogP contribution in [0, 0.1) is 6.92 Å². The van der Waals surface area contributed by atoms with Crippen molar-refractivity contribution in [3.8, 4) is 0 Å². The predicted molar refractivity (Wildman–Crippen MR) is 141 cm³/mol. The fourth-order valence-electron chi connectivity index (χ4n) is 4.43. The number of benzene rings is 3. The van der Waals surface area contributed by atoms with Crippen LogP contribution in [-0.2, 0) is 15.9 Å². The summed E-state index contributed by atoms with van der Waals surface area (Å²) in [5.41, 5.74) is 2.68. The van der Waals surface area contributed by atoms with Gasteiger partial charge in [0.2, 0.25) is 0 Å². The Morgan fingerprint density at radius 1 is 0.970 bits per heavy atom. The van der Waals surface area contributed by atoms with Crippen molar-refractivity contribution in [3.05, 3.63) is 102 Å². The van der Waals surface area contributed by atoms with E-state index in [1.807, 2.05) is 0 Å². The van der Waals surface area contributed by atoms with Crippen LogP contribution < -0.4 is 15.9 Å². The summed E-state index contributed by atoms with van der Waals surface area (Å²) in [6.07, 6.45) is 9.48. The summed E-state index contributed by atoms with van der Waals surface area (Å²) in [6.45, 7) is 5.08. The predicted octanol–water partition coefficient (Wildman–Crippen LogP) is 6.17. The van der Waals surface area contributed by atoms with E-state index in [1.54, 1.807) is 0 Å². The van der Waals surface area contributed by atoms with Gasteiger partial charge in [-0.25, -0.2) is 0 Å². The smallest absolute Gasteiger partial charge is 0.157 e. The highest BCUT2D eigenvalue weighted by molar-refractivity contribution is 7.79. The van der Waals surface area contributed by atoms with Gasteiger partial charge >= 0.3 is 0 Å². The summed E-state index contributed by atoms with van der Waals surface area (Å²) in [5.74, 6) is 0. The van der Waals surface area contributed by atoms with Crippen LogP contribution in [0.25, 0.3) is 0 Å². The highest BCUT2D eigenvalue weighted by Gasteiger charge is 2.24. The van der Waals surface area contributed by atoms with E-state index < -0.39 is 7.92 Å². The standard InChI is InChI=1S/C30H35O2P/c1-3-4-13-26(32-30-18-11-12-21-31-30)23-25-22-24(2)19-20-29(25)33(27-14-7-5-8-15-27)28-16-9-6-10-17-28/h3-10,14-17,19-20,22,26,30H,11-13,18,21,23H2,1-2H3. The van der Waals surface area contributed by atoms with Crippen molar-refractivity contribution < 1.29 is 9.47 Å². The Bertz CT molecular complexity index is 970. The van der Waals surface area contributed by atoms with Crippen molar-refractivity contribution >= 4 is 23.8 Å². The number of aryl methyl sites for hydroxylation is 1. The van der Waals surface area contributed by atoms with Crippen LogP contribution in [-0.4, -0.2) is 19.0 Å². The fraction of sp³-hybridized carbons (Fsp3) is 0.333. The lowest BCUT2D eigenvalue weighted by molar-refractivity contribution is -0.186. The van der Waals surface area contributed by atoms with E-state index in [4.69, 9.17) is 9.47 Å². The van der Waals surface area contributed by atoms with Crippen LogP contribution in [0.15, 0.2) is 91.0 Å². The van der Waals surface area contributed by atoms with Gasteiger partial charge in [-0.05, 0) is 75.4 Å². The maximum absolute atomic E-state index is 6.52. The minimum absolute atomic E-state index is 0.0768. The average Bonchev–Trinajstić information content (AvgIpc) is 2.86. The Hall–Kier alpha value is -2.25. The topological polar surface area (TPSA) is 18.5 Å². The third-order valence-corrected chi connectivity index (χ3v) is 8.62. The van der Waals surface area contributed by atoms with Crippen molar-refractivity contribution in [1.29, 1.82) is 0 Å². The molecule has 0 bridgehead atoms. The quantitative estimate of drug-likeness (QED) is 0.282. The van der Waals surface area contributed by atoms with Crippen LogP contribution in [0.5, 0.6) is 0 Å². The molecule has 0 N–H and O–H groups in total. The summed E-state index contributed by atoms with van der Waals surface area (Å²) >= 11 is 0. The van der Waals surface area contributed by atoms with Gasteiger partial charge in [0.1, 0.15) is 0 Å². The van der Waals surface area contributed by atoms with Crippen molar-refractivity contribution in [2.75, 3.05) is 6.61 Å². The average molecular weight is 459 g/mol. The van der Waals surface area contributed by atoms with Gasteiger partial charge in [0.05, 0.1) is 6.10 Å². The molecule has 33 heavy (non-hydrogen) atoms. The molecular weight excluding hydrogens is 423 g/mol. The van der Waals surface area contributed by atoms with Crippen LogP contribution in [0.2, 0.25) is 0 Å². The molecule has 1 fully saturated rings. The van der Waals surface area contributed by atoms with Gasteiger partial charge in [0, 0.05) is 6.61 Å². The first-order valence-corrected chi connectivity index (χ1v) is 13.5. The molecule has 4 rings (SSSR count). The number of ether oxygens (including phenoxy) is 2. The van der Waals surface area contributed by atoms with Gasteiger partial charge < -0.3 is 9.47 Å². The molecule has 1 saturated heterocycles. The Kier molecular flexibility index (Phi) is 8.89. The van der Waals surface area contributed by atoms with Crippen molar-refractivity contribution in [2.24, 2.45) is 0 Å². The third kappa shape index (κ3) is 6.64. The molecule has 0 saturated carbocycles. The summed E-state index contributed by atoms with van der Waals surface area (Å²) in [5, 5.41) is 4.18. The maximum Gasteiger partial charge on any atom is 0.157 e. The summed E-state index contributed by atoms with van der Waals surface area (Å²) < 4.78 is 12.4. The fourth-order valence-corrected chi connectivity index (χ4v) is 6.89. The van der Waals surface area contributed by atoms with Gasteiger partial charge in [-0.1, -0.05) is 96.6 Å². The zero-order valence-electron chi connectivity index (χ0n) is 19.8. The monoisotopic (exact) mass is 458 g/mol. The second-order valence-corrected chi connectivity index (χ2v) is 10.9. The molecule has 0 aromatic heterocycles. The molecule has 1 aliphatic rings. The molecule has 0 aliphatic carbocycles. The number of rotatable bonds is 9. The minimum atomic E-state index is -0.647. The Labute approximate surface area is 200 Å². The highest BCUT2D eigenvalue weighted by atomic mass is 31.1. The molecule has 3 heteroatoms. The lowest BCUT2D eigenvalue weighted by Gasteiger charge is -2.29. The molecule has 0 spiro atoms. The van der Waals surface area contributed by atoms with Gasteiger partial charge in [-0.15, -0.1) is 0 Å². The molecular formula is C30H35O2P. The first kappa shape index (κ1) is 23.9. The first-order chi connectivity index (χ1) is 16.2. The summed E-state index contributed by atoms with van der Waals surface area (Å²) in [4.78, 5) is 0. The van der Waals surface area contributed by atoms with E-state index in [1.165, 1.54) is 33.5 Å². The van der Waals surface area contributed by atoms with Gasteiger partial charge in [-0.3, -0.25) is 0 Å². The second kappa shape index (κ2) is 12.3. The first-order valence-electron chi connectivity index (χ1n) is 12.1. The zero-order chi connectivity index (χ0) is 22.9. The highest BCUT2D eigenvalue weighted by Crippen LogP contribution is 2.35. The molecule has 0 radical (unpaired) electrons. The van der Waals surface area contributed by atoms with E-state index in [0.29, 0.717) is 0 Å². The molecule has 3 aromatic rings. The van der Waals surface area contributed by atoms with Gasteiger partial charge in [0.25, 0.3) is 0 Å². The van der Waals surface area contributed by atoms with E-state index >= 15 is 0 Å². The van der Waals surface area contributed by atoms with Crippen LogP contribution in [0.1, 0.15) is 43.7 Å². The molecule has 2 atom stereocenters. The second-order valence-electron chi connectivity index (χ2n) is 8.70.